The molecule has 0 aliphatic rings. The third-order valence-electron chi connectivity index (χ3n) is 4.10. The molecule has 2 aromatic rings. The Morgan fingerprint density at radius 3 is 2.70 bits per heavy atom. The quantitative estimate of drug-likeness (QED) is 0.210. The molecule has 1 aromatic heterocycles. The van der Waals surface area contributed by atoms with E-state index in [1.54, 1.807) is 7.11 Å². The van der Waals surface area contributed by atoms with Crippen molar-refractivity contribution in [3.63, 3.8) is 0 Å². The molecule has 0 atom stereocenters. The van der Waals surface area contributed by atoms with E-state index in [4.69, 9.17) is 16.3 Å². The highest BCUT2D eigenvalue weighted by atomic mass is 127. The average molecular weight is 506 g/mol. The summed E-state index contributed by atoms with van der Waals surface area (Å²) in [6.07, 6.45) is 4.68. The van der Waals surface area contributed by atoms with E-state index < -0.39 is 0 Å². The number of nitrogens with zero attached hydrogens (tertiary/aromatic N) is 2. The van der Waals surface area contributed by atoms with Crippen LogP contribution in [0.2, 0.25) is 5.02 Å². The van der Waals surface area contributed by atoms with Crippen molar-refractivity contribution in [2.24, 2.45) is 4.99 Å². The topological polar surface area (TPSA) is 74.3 Å². The van der Waals surface area contributed by atoms with Crippen LogP contribution in [0, 0.1) is 6.92 Å². The molecule has 0 saturated heterocycles. The summed E-state index contributed by atoms with van der Waals surface area (Å²) in [5, 5.41) is 14.4. The van der Waals surface area contributed by atoms with Crippen LogP contribution >= 0.6 is 35.6 Å². The van der Waals surface area contributed by atoms with Crippen LogP contribution in [0.25, 0.3) is 0 Å². The molecular formula is C19H29ClIN5O. The van der Waals surface area contributed by atoms with E-state index in [0.717, 1.165) is 66.9 Å². The van der Waals surface area contributed by atoms with Crippen molar-refractivity contribution in [3.05, 3.63) is 46.2 Å². The highest BCUT2D eigenvalue weighted by Crippen LogP contribution is 2.22. The number of methoxy groups -OCH3 is 1. The maximum atomic E-state index is 6.29. The summed E-state index contributed by atoms with van der Waals surface area (Å²) in [6, 6.07) is 5.77. The van der Waals surface area contributed by atoms with Gasteiger partial charge in [0, 0.05) is 30.4 Å². The van der Waals surface area contributed by atoms with Gasteiger partial charge in [-0.2, -0.15) is 5.10 Å². The monoisotopic (exact) mass is 505 g/mol. The lowest BCUT2D eigenvalue weighted by molar-refractivity contribution is 0.414. The zero-order valence-electron chi connectivity index (χ0n) is 16.1. The van der Waals surface area contributed by atoms with Crippen molar-refractivity contribution in [2.45, 2.75) is 33.1 Å². The number of guanidine groups is 1. The van der Waals surface area contributed by atoms with Gasteiger partial charge in [0.1, 0.15) is 5.75 Å². The van der Waals surface area contributed by atoms with Crippen molar-refractivity contribution in [2.75, 3.05) is 26.7 Å². The van der Waals surface area contributed by atoms with Crippen LogP contribution in [0.4, 0.5) is 0 Å². The van der Waals surface area contributed by atoms with Gasteiger partial charge in [0.25, 0.3) is 0 Å². The predicted octanol–water partition coefficient (Wildman–Crippen LogP) is 3.73. The Morgan fingerprint density at radius 1 is 1.26 bits per heavy atom. The molecule has 150 valence electrons. The molecule has 0 aliphatic carbocycles. The number of benzene rings is 1. The van der Waals surface area contributed by atoms with Gasteiger partial charge < -0.3 is 15.4 Å². The number of hydrogen-bond acceptors (Lipinski definition) is 3. The number of hydrogen-bond donors (Lipinski definition) is 3. The second-order valence-corrected chi connectivity index (χ2v) is 6.43. The zero-order chi connectivity index (χ0) is 18.8. The van der Waals surface area contributed by atoms with E-state index in [1.165, 1.54) is 5.56 Å². The number of aromatic amines is 1. The minimum absolute atomic E-state index is 0. The highest BCUT2D eigenvalue weighted by Gasteiger charge is 2.04. The molecule has 2 rings (SSSR count). The predicted molar refractivity (Wildman–Crippen MR) is 123 cm³/mol. The summed E-state index contributed by atoms with van der Waals surface area (Å²) in [6.45, 7) is 6.46. The first-order valence-corrected chi connectivity index (χ1v) is 9.35. The van der Waals surface area contributed by atoms with Crippen LogP contribution in [0.15, 0.2) is 29.4 Å². The Balaban J connectivity index is 0.00000364. The second-order valence-electron chi connectivity index (χ2n) is 6.02. The van der Waals surface area contributed by atoms with E-state index in [2.05, 4.69) is 32.7 Å². The number of aromatic nitrogens is 2. The van der Waals surface area contributed by atoms with Crippen molar-refractivity contribution < 1.29 is 4.74 Å². The fourth-order valence-electron chi connectivity index (χ4n) is 2.60. The minimum Gasteiger partial charge on any atom is -0.497 e. The minimum atomic E-state index is 0. The Bertz CT molecular complexity index is 720. The number of rotatable bonds is 9. The second kappa shape index (κ2) is 12.8. The number of halogens is 2. The van der Waals surface area contributed by atoms with E-state index in [1.807, 2.05) is 31.3 Å². The van der Waals surface area contributed by atoms with Gasteiger partial charge in [-0.15, -0.1) is 24.0 Å². The van der Waals surface area contributed by atoms with E-state index >= 15 is 0 Å². The molecule has 27 heavy (non-hydrogen) atoms. The molecule has 6 nitrogen and oxygen atoms in total. The molecule has 0 unspecified atom stereocenters. The van der Waals surface area contributed by atoms with Crippen LogP contribution in [0.3, 0.4) is 0 Å². The SMILES string of the molecule is CCNC(=NCCCc1cn[nH]c1C)NCCc1ccc(OC)cc1Cl.I. The van der Waals surface area contributed by atoms with Crippen LogP contribution in [0.5, 0.6) is 5.75 Å². The molecule has 0 amide bonds. The maximum absolute atomic E-state index is 6.29. The lowest BCUT2D eigenvalue weighted by Gasteiger charge is -2.12. The largest absolute Gasteiger partial charge is 0.497 e. The van der Waals surface area contributed by atoms with Gasteiger partial charge in [0.05, 0.1) is 13.3 Å². The molecule has 1 heterocycles. The Hall–Kier alpha value is -1.48. The number of nitrogens with one attached hydrogen (secondary N) is 3. The van der Waals surface area contributed by atoms with Crippen molar-refractivity contribution in [1.29, 1.82) is 0 Å². The normalized spacial score (nSPS) is 11.0. The number of aliphatic imine (C=N–C) groups is 1. The summed E-state index contributed by atoms with van der Waals surface area (Å²) in [4.78, 5) is 4.63. The lowest BCUT2D eigenvalue weighted by Crippen LogP contribution is -2.38. The smallest absolute Gasteiger partial charge is 0.191 e. The Labute approximate surface area is 183 Å². The van der Waals surface area contributed by atoms with Gasteiger partial charge >= 0.3 is 0 Å². The van der Waals surface area contributed by atoms with Gasteiger partial charge in [-0.3, -0.25) is 10.1 Å². The van der Waals surface area contributed by atoms with E-state index in [9.17, 15) is 0 Å². The van der Waals surface area contributed by atoms with Gasteiger partial charge in [0.2, 0.25) is 0 Å². The molecule has 0 aliphatic heterocycles. The first kappa shape index (κ1) is 23.6. The van der Waals surface area contributed by atoms with Crippen molar-refractivity contribution in [1.82, 2.24) is 20.8 Å². The van der Waals surface area contributed by atoms with E-state index in [0.29, 0.717) is 0 Å². The molecule has 1 aromatic carbocycles. The first-order chi connectivity index (χ1) is 12.6. The molecular weight excluding hydrogens is 477 g/mol. The van der Waals surface area contributed by atoms with Gasteiger partial charge in [-0.1, -0.05) is 17.7 Å². The summed E-state index contributed by atoms with van der Waals surface area (Å²) in [7, 11) is 1.64. The molecule has 0 spiro atoms. The zero-order valence-corrected chi connectivity index (χ0v) is 19.2. The third-order valence-corrected chi connectivity index (χ3v) is 4.45. The standard InChI is InChI=1S/C19H28ClN5O.HI/c1-4-21-19(22-10-5-6-16-13-24-25-14(16)2)23-11-9-15-7-8-17(26-3)12-18(15)20;/h7-8,12-13H,4-6,9-11H2,1-3H3,(H,24,25)(H2,21,22,23);1H. The fourth-order valence-corrected chi connectivity index (χ4v) is 2.87. The van der Waals surface area contributed by atoms with Crippen molar-refractivity contribution >= 4 is 41.5 Å². The highest BCUT2D eigenvalue weighted by molar-refractivity contribution is 14.0. The Morgan fingerprint density at radius 2 is 2.07 bits per heavy atom. The summed E-state index contributed by atoms with van der Waals surface area (Å²) < 4.78 is 5.18. The molecule has 0 fully saturated rings. The molecule has 0 radical (unpaired) electrons. The molecule has 0 bridgehead atoms. The van der Waals surface area contributed by atoms with Gasteiger partial charge in [0.15, 0.2) is 5.96 Å². The Kier molecular flexibility index (Phi) is 11.2. The molecule has 0 saturated carbocycles. The van der Waals surface area contributed by atoms with Crippen LogP contribution in [0.1, 0.15) is 30.2 Å². The average Bonchev–Trinajstić information content (AvgIpc) is 3.04. The van der Waals surface area contributed by atoms with Gasteiger partial charge in [-0.05, 0) is 56.4 Å². The third kappa shape index (κ3) is 7.96. The van der Waals surface area contributed by atoms with Crippen LogP contribution in [-0.4, -0.2) is 42.9 Å². The molecule has 3 N–H and O–H groups in total. The summed E-state index contributed by atoms with van der Waals surface area (Å²) in [5.41, 5.74) is 3.48. The molecule has 8 heteroatoms. The number of aryl methyl sites for hydroxylation is 2. The first-order valence-electron chi connectivity index (χ1n) is 8.97. The lowest BCUT2D eigenvalue weighted by atomic mass is 10.1. The fraction of sp³-hybridized carbons (Fsp3) is 0.474. The summed E-state index contributed by atoms with van der Waals surface area (Å²) >= 11 is 6.29. The number of ether oxygens (including phenoxy) is 1. The van der Waals surface area contributed by atoms with E-state index in [-0.39, 0.29) is 24.0 Å². The van der Waals surface area contributed by atoms with Crippen LogP contribution in [-0.2, 0) is 12.8 Å². The van der Waals surface area contributed by atoms with Gasteiger partial charge in [-0.25, -0.2) is 0 Å². The number of H-pyrrole nitrogens is 1. The maximum Gasteiger partial charge on any atom is 0.191 e. The summed E-state index contributed by atoms with van der Waals surface area (Å²) in [5.74, 6) is 1.61. The van der Waals surface area contributed by atoms with Crippen molar-refractivity contribution in [3.8, 4) is 5.75 Å². The van der Waals surface area contributed by atoms with Crippen LogP contribution < -0.4 is 15.4 Å².